The van der Waals surface area contributed by atoms with Crippen molar-refractivity contribution in [3.63, 3.8) is 0 Å². The molecule has 3 aromatic rings. The predicted octanol–water partition coefficient (Wildman–Crippen LogP) is 7.80. The van der Waals surface area contributed by atoms with Crippen molar-refractivity contribution in [2.24, 2.45) is 0 Å². The molecule has 1 aliphatic rings. The highest BCUT2D eigenvalue weighted by Crippen LogP contribution is 2.39. The Morgan fingerprint density at radius 3 is 2.32 bits per heavy atom. The molecule has 1 aliphatic carbocycles. The molecule has 0 spiro atoms. The van der Waals surface area contributed by atoms with Crippen molar-refractivity contribution in [2.75, 3.05) is 5.32 Å². The summed E-state index contributed by atoms with van der Waals surface area (Å²) < 4.78 is 0. The Kier molecular flexibility index (Phi) is 5.44. The summed E-state index contributed by atoms with van der Waals surface area (Å²) in [5.41, 5.74) is 5.85. The van der Waals surface area contributed by atoms with Crippen molar-refractivity contribution >= 4 is 16.5 Å². The Morgan fingerprint density at radius 2 is 1.57 bits per heavy atom. The minimum absolute atomic E-state index is 0.195. The fourth-order valence-corrected chi connectivity index (χ4v) is 4.49. The van der Waals surface area contributed by atoms with Gasteiger partial charge in [-0.05, 0) is 63.8 Å². The average Bonchev–Trinajstić information content (AvgIpc) is 2.72. The zero-order valence-electron chi connectivity index (χ0n) is 17.6. The minimum Gasteiger partial charge on any atom is -0.381 e. The van der Waals surface area contributed by atoms with Gasteiger partial charge in [-0.1, -0.05) is 88.6 Å². The lowest BCUT2D eigenvalue weighted by Gasteiger charge is -2.28. The normalized spacial score (nSPS) is 15.7. The molecule has 0 unspecified atom stereocenters. The van der Waals surface area contributed by atoms with Crippen LogP contribution in [0.1, 0.15) is 75.5 Å². The fraction of sp³-hybridized carbons (Fsp3) is 0.407. The topological polar surface area (TPSA) is 12.0 Å². The van der Waals surface area contributed by atoms with E-state index in [1.165, 1.54) is 65.3 Å². The number of hydrogen-bond acceptors (Lipinski definition) is 1. The van der Waals surface area contributed by atoms with E-state index in [0.29, 0.717) is 5.92 Å². The molecule has 4 rings (SSSR count). The van der Waals surface area contributed by atoms with Crippen LogP contribution in [0.4, 0.5) is 5.69 Å². The van der Waals surface area contributed by atoms with Crippen LogP contribution in [-0.4, -0.2) is 0 Å². The van der Waals surface area contributed by atoms with E-state index < -0.39 is 0 Å². The molecule has 1 nitrogen and oxygen atoms in total. The average molecular weight is 372 g/mol. The van der Waals surface area contributed by atoms with Crippen LogP contribution < -0.4 is 5.32 Å². The van der Waals surface area contributed by atoms with E-state index in [9.17, 15) is 0 Å². The second kappa shape index (κ2) is 7.99. The first-order chi connectivity index (χ1) is 13.5. The summed E-state index contributed by atoms with van der Waals surface area (Å²) in [6.07, 6.45) is 6.80. The third kappa shape index (κ3) is 4.24. The van der Waals surface area contributed by atoms with E-state index in [2.05, 4.69) is 86.8 Å². The van der Waals surface area contributed by atoms with Gasteiger partial charge in [-0.2, -0.15) is 0 Å². The summed E-state index contributed by atoms with van der Waals surface area (Å²) in [6, 6.07) is 22.5. The van der Waals surface area contributed by atoms with Gasteiger partial charge in [0.1, 0.15) is 0 Å². The third-order valence-electron chi connectivity index (χ3n) is 6.26. The van der Waals surface area contributed by atoms with Crippen molar-refractivity contribution in [3.05, 3.63) is 77.4 Å². The SMILES string of the molecule is CC(C)(C)c1ccc(NCc2ccc3ccccc3c2)c(C2CCCCC2)c1. The first kappa shape index (κ1) is 19.1. The van der Waals surface area contributed by atoms with Crippen LogP contribution in [0.25, 0.3) is 10.8 Å². The minimum atomic E-state index is 0.195. The number of hydrogen-bond donors (Lipinski definition) is 1. The molecule has 0 amide bonds. The highest BCUT2D eigenvalue weighted by molar-refractivity contribution is 5.83. The van der Waals surface area contributed by atoms with Gasteiger partial charge in [0.15, 0.2) is 0 Å². The first-order valence-corrected chi connectivity index (χ1v) is 10.9. The summed E-state index contributed by atoms with van der Waals surface area (Å²) in [5.74, 6) is 0.704. The molecule has 0 bridgehead atoms. The van der Waals surface area contributed by atoms with E-state index in [0.717, 1.165) is 6.54 Å². The molecule has 1 saturated carbocycles. The first-order valence-electron chi connectivity index (χ1n) is 10.9. The van der Waals surface area contributed by atoms with Gasteiger partial charge in [-0.25, -0.2) is 0 Å². The fourth-order valence-electron chi connectivity index (χ4n) is 4.49. The third-order valence-corrected chi connectivity index (χ3v) is 6.26. The van der Waals surface area contributed by atoms with Crippen LogP contribution in [0.5, 0.6) is 0 Å². The number of nitrogens with one attached hydrogen (secondary N) is 1. The molecular formula is C27H33N. The number of anilines is 1. The maximum Gasteiger partial charge on any atom is 0.0401 e. The number of benzene rings is 3. The van der Waals surface area contributed by atoms with Crippen LogP contribution in [0.2, 0.25) is 0 Å². The van der Waals surface area contributed by atoms with Crippen LogP contribution in [0.15, 0.2) is 60.7 Å². The van der Waals surface area contributed by atoms with Crippen LogP contribution in [0, 0.1) is 0 Å². The van der Waals surface area contributed by atoms with E-state index >= 15 is 0 Å². The Morgan fingerprint density at radius 1 is 0.821 bits per heavy atom. The monoisotopic (exact) mass is 371 g/mol. The second-order valence-corrected chi connectivity index (χ2v) is 9.42. The van der Waals surface area contributed by atoms with Gasteiger partial charge >= 0.3 is 0 Å². The van der Waals surface area contributed by atoms with Crippen LogP contribution >= 0.6 is 0 Å². The molecule has 146 valence electrons. The Hall–Kier alpha value is -2.28. The summed E-state index contributed by atoms with van der Waals surface area (Å²) in [4.78, 5) is 0. The number of rotatable bonds is 4. The zero-order valence-corrected chi connectivity index (χ0v) is 17.6. The molecule has 1 heteroatoms. The smallest absolute Gasteiger partial charge is 0.0401 e. The molecule has 0 radical (unpaired) electrons. The predicted molar refractivity (Wildman–Crippen MR) is 122 cm³/mol. The molecular weight excluding hydrogens is 338 g/mol. The van der Waals surface area contributed by atoms with Crippen LogP contribution in [-0.2, 0) is 12.0 Å². The lowest BCUT2D eigenvalue weighted by atomic mass is 9.79. The van der Waals surface area contributed by atoms with Gasteiger partial charge in [0.25, 0.3) is 0 Å². The molecule has 1 fully saturated rings. The van der Waals surface area contributed by atoms with Crippen LogP contribution in [0.3, 0.4) is 0 Å². The molecule has 0 saturated heterocycles. The highest BCUT2D eigenvalue weighted by Gasteiger charge is 2.22. The van der Waals surface area contributed by atoms with Gasteiger partial charge in [-0.15, -0.1) is 0 Å². The van der Waals surface area contributed by atoms with Gasteiger partial charge in [0.2, 0.25) is 0 Å². The van der Waals surface area contributed by atoms with E-state index in [1.54, 1.807) is 0 Å². The van der Waals surface area contributed by atoms with E-state index in [-0.39, 0.29) is 5.41 Å². The lowest BCUT2D eigenvalue weighted by molar-refractivity contribution is 0.443. The van der Waals surface area contributed by atoms with Crippen molar-refractivity contribution in [3.8, 4) is 0 Å². The maximum absolute atomic E-state index is 3.77. The largest absolute Gasteiger partial charge is 0.381 e. The molecule has 0 atom stereocenters. The maximum atomic E-state index is 3.77. The summed E-state index contributed by atoms with van der Waals surface area (Å²) in [5, 5.41) is 6.40. The summed E-state index contributed by atoms with van der Waals surface area (Å²) in [6.45, 7) is 7.82. The lowest BCUT2D eigenvalue weighted by Crippen LogP contribution is -2.15. The van der Waals surface area contributed by atoms with Gasteiger partial charge in [0.05, 0.1) is 0 Å². The zero-order chi connectivity index (χ0) is 19.6. The Labute approximate surface area is 170 Å². The summed E-state index contributed by atoms with van der Waals surface area (Å²) in [7, 11) is 0. The Bertz CT molecular complexity index is 942. The van der Waals surface area contributed by atoms with Crippen molar-refractivity contribution in [2.45, 2.75) is 70.8 Å². The van der Waals surface area contributed by atoms with Crippen molar-refractivity contribution < 1.29 is 0 Å². The quantitative estimate of drug-likeness (QED) is 0.493. The molecule has 0 heterocycles. The molecule has 1 N–H and O–H groups in total. The van der Waals surface area contributed by atoms with Crippen molar-refractivity contribution in [1.29, 1.82) is 0 Å². The van der Waals surface area contributed by atoms with Gasteiger partial charge in [0, 0.05) is 12.2 Å². The molecule has 0 aromatic heterocycles. The van der Waals surface area contributed by atoms with Crippen molar-refractivity contribution in [1.82, 2.24) is 0 Å². The van der Waals surface area contributed by atoms with E-state index in [1.807, 2.05) is 0 Å². The molecule has 28 heavy (non-hydrogen) atoms. The summed E-state index contributed by atoms with van der Waals surface area (Å²) >= 11 is 0. The van der Waals surface area contributed by atoms with E-state index in [4.69, 9.17) is 0 Å². The number of fused-ring (bicyclic) bond motifs is 1. The highest BCUT2D eigenvalue weighted by atomic mass is 14.9. The standard InChI is InChI=1S/C27H33N/c1-27(2,3)24-15-16-26(25(18-24)22-10-5-4-6-11-22)28-19-20-13-14-21-9-7-8-12-23(21)17-20/h7-9,12-18,22,28H,4-6,10-11,19H2,1-3H3. The van der Waals surface area contributed by atoms with Gasteiger partial charge in [-0.3, -0.25) is 0 Å². The Balaban J connectivity index is 1.60. The second-order valence-electron chi connectivity index (χ2n) is 9.42. The molecule has 3 aromatic carbocycles. The van der Waals surface area contributed by atoms with Gasteiger partial charge < -0.3 is 5.32 Å². The molecule has 0 aliphatic heterocycles.